The summed E-state index contributed by atoms with van der Waals surface area (Å²) in [6, 6.07) is 8.20. The number of fused-ring (bicyclic) bond motifs is 2. The van der Waals surface area contributed by atoms with E-state index >= 15 is 0 Å². The lowest BCUT2D eigenvalue weighted by Crippen LogP contribution is -3.00. The molecule has 2 aromatic rings. The number of nitrogens with zero attached hydrogens (tertiary/aromatic N) is 1. The van der Waals surface area contributed by atoms with Gasteiger partial charge in [0, 0.05) is 12.8 Å². The summed E-state index contributed by atoms with van der Waals surface area (Å²) in [6.07, 6.45) is 4.26. The zero-order chi connectivity index (χ0) is 17.7. The van der Waals surface area contributed by atoms with Crippen molar-refractivity contribution >= 4 is 28.6 Å². The Balaban J connectivity index is 0.00000196. The SMILES string of the molecule is C[N+]1(C)C2CCCC1[C@@H](OC(=O)C(O)(c1cccs1)c1cccs1)C2.[Br-]. The van der Waals surface area contributed by atoms with Crippen LogP contribution in [-0.4, -0.2) is 47.8 Å². The summed E-state index contributed by atoms with van der Waals surface area (Å²) in [7, 11) is 4.49. The normalized spacial score (nSPS) is 27.0. The summed E-state index contributed by atoms with van der Waals surface area (Å²) in [5.41, 5.74) is -1.70. The van der Waals surface area contributed by atoms with Crippen LogP contribution in [0.3, 0.4) is 0 Å². The van der Waals surface area contributed by atoms with Gasteiger partial charge in [0.1, 0.15) is 6.04 Å². The molecule has 0 saturated carbocycles. The fourth-order valence-electron chi connectivity index (χ4n) is 4.57. The van der Waals surface area contributed by atoms with Gasteiger partial charge < -0.3 is 31.3 Å². The highest BCUT2D eigenvalue weighted by Crippen LogP contribution is 2.43. The number of halogens is 1. The second-order valence-electron chi connectivity index (χ2n) is 7.63. The van der Waals surface area contributed by atoms with Crippen molar-refractivity contribution in [3.63, 3.8) is 0 Å². The molecule has 7 heteroatoms. The first-order chi connectivity index (χ1) is 11.9. The van der Waals surface area contributed by atoms with Crippen LogP contribution in [0.4, 0.5) is 0 Å². The molecule has 0 aromatic carbocycles. The number of hydrogen-bond donors (Lipinski definition) is 1. The number of esters is 1. The molecule has 3 atom stereocenters. The monoisotopic (exact) mass is 457 g/mol. The molecule has 4 heterocycles. The number of likely N-dealkylation sites (N-methyl/N-ethyl adjacent to an activating group) is 1. The summed E-state index contributed by atoms with van der Waals surface area (Å²) in [4.78, 5) is 14.4. The van der Waals surface area contributed by atoms with Crippen molar-refractivity contribution in [2.75, 3.05) is 14.1 Å². The van der Waals surface area contributed by atoms with Gasteiger partial charge in [0.15, 0.2) is 6.10 Å². The zero-order valence-electron chi connectivity index (χ0n) is 14.9. The molecule has 0 amide bonds. The predicted octanol–water partition coefficient (Wildman–Crippen LogP) is 0.362. The Morgan fingerprint density at radius 3 is 2.31 bits per heavy atom. The molecule has 0 radical (unpaired) electrons. The first-order valence-electron chi connectivity index (χ1n) is 8.79. The third-order valence-electron chi connectivity index (χ3n) is 6.08. The van der Waals surface area contributed by atoms with Crippen LogP contribution in [0.25, 0.3) is 0 Å². The third-order valence-corrected chi connectivity index (χ3v) is 8.03. The van der Waals surface area contributed by atoms with Crippen molar-refractivity contribution in [2.24, 2.45) is 0 Å². The van der Waals surface area contributed by atoms with Crippen molar-refractivity contribution in [3.05, 3.63) is 44.8 Å². The van der Waals surface area contributed by atoms with Crippen LogP contribution in [0.15, 0.2) is 35.0 Å². The molecular formula is C19H24BrNO3S2. The molecule has 2 aliphatic rings. The molecule has 2 unspecified atom stereocenters. The molecule has 4 rings (SSSR count). The number of piperidine rings is 1. The van der Waals surface area contributed by atoms with Crippen molar-refractivity contribution in [3.8, 4) is 0 Å². The number of aliphatic hydroxyl groups is 1. The van der Waals surface area contributed by atoms with Gasteiger partial charge in [-0.25, -0.2) is 4.79 Å². The largest absolute Gasteiger partial charge is 1.00 e. The molecule has 0 spiro atoms. The zero-order valence-corrected chi connectivity index (χ0v) is 18.1. The Kier molecular flexibility index (Phi) is 5.66. The molecule has 0 aliphatic carbocycles. The molecule has 2 saturated heterocycles. The summed E-state index contributed by atoms with van der Waals surface area (Å²) in [5.74, 6) is -0.532. The van der Waals surface area contributed by atoms with E-state index in [0.29, 0.717) is 21.8 Å². The second-order valence-corrected chi connectivity index (χ2v) is 9.52. The molecule has 26 heavy (non-hydrogen) atoms. The second kappa shape index (κ2) is 7.36. The minimum atomic E-state index is -1.70. The van der Waals surface area contributed by atoms with Gasteiger partial charge in [-0.05, 0) is 35.7 Å². The van der Waals surface area contributed by atoms with E-state index in [9.17, 15) is 9.90 Å². The van der Waals surface area contributed by atoms with Crippen molar-refractivity contribution < 1.29 is 36.1 Å². The molecule has 142 valence electrons. The topological polar surface area (TPSA) is 46.5 Å². The molecular weight excluding hydrogens is 434 g/mol. The van der Waals surface area contributed by atoms with Crippen molar-refractivity contribution in [2.45, 2.75) is 49.5 Å². The van der Waals surface area contributed by atoms with Gasteiger partial charge in [-0.2, -0.15) is 0 Å². The Labute approximate surface area is 172 Å². The summed E-state index contributed by atoms with van der Waals surface area (Å²) in [5, 5.41) is 15.1. The van der Waals surface area contributed by atoms with Crippen LogP contribution in [0.5, 0.6) is 0 Å². The molecule has 2 aliphatic heterocycles. The summed E-state index contributed by atoms with van der Waals surface area (Å²) in [6.45, 7) is 0. The Morgan fingerprint density at radius 2 is 1.81 bits per heavy atom. The number of rotatable bonds is 4. The Hall–Kier alpha value is -0.730. The smallest absolute Gasteiger partial charge is 0.349 e. The van der Waals surface area contributed by atoms with Gasteiger partial charge in [0.25, 0.3) is 0 Å². The maximum absolute atomic E-state index is 13.2. The number of carbonyl (C=O) groups is 1. The van der Waals surface area contributed by atoms with Gasteiger partial charge in [-0.3, -0.25) is 0 Å². The van der Waals surface area contributed by atoms with Gasteiger partial charge in [-0.1, -0.05) is 12.1 Å². The minimum Gasteiger partial charge on any atom is -1.00 e. The molecule has 2 fully saturated rings. The number of quaternary nitrogens is 1. The third kappa shape index (κ3) is 3.07. The minimum absolute atomic E-state index is 0. The predicted molar refractivity (Wildman–Crippen MR) is 99.7 cm³/mol. The van der Waals surface area contributed by atoms with Gasteiger partial charge in [0.05, 0.1) is 29.9 Å². The number of carbonyl (C=O) groups excluding carboxylic acids is 1. The highest BCUT2D eigenvalue weighted by Gasteiger charge is 2.55. The highest BCUT2D eigenvalue weighted by atomic mass is 79.9. The van der Waals surface area contributed by atoms with E-state index in [1.807, 2.05) is 22.9 Å². The maximum Gasteiger partial charge on any atom is 0.349 e. The number of ether oxygens (including phenoxy) is 1. The van der Waals surface area contributed by atoms with E-state index < -0.39 is 11.6 Å². The number of hydrogen-bond acceptors (Lipinski definition) is 5. The van der Waals surface area contributed by atoms with Crippen molar-refractivity contribution in [1.82, 2.24) is 0 Å². The molecule has 1 N–H and O–H groups in total. The van der Waals surface area contributed by atoms with Crippen LogP contribution in [-0.2, 0) is 15.1 Å². The molecule has 2 aromatic heterocycles. The standard InChI is InChI=1S/C19H24NO3S2.BrH/c1-20(2)13-6-3-7-14(20)15(12-13)23-18(21)19(22,16-8-4-10-24-16)17-9-5-11-25-17;/h4-5,8-11,13-15,22H,3,6-7,12H2,1-2H3;1H/q+1;/p-1/t13?,14?,15-;/m0./s1. The quantitative estimate of drug-likeness (QED) is 0.532. The summed E-state index contributed by atoms with van der Waals surface area (Å²) < 4.78 is 6.91. The van der Waals surface area contributed by atoms with Crippen LogP contribution in [0, 0.1) is 0 Å². The van der Waals surface area contributed by atoms with Crippen LogP contribution in [0.2, 0.25) is 0 Å². The first kappa shape index (κ1) is 20.0. The lowest BCUT2D eigenvalue weighted by molar-refractivity contribution is -0.931. The fraction of sp³-hybridized carbons (Fsp3) is 0.526. The maximum atomic E-state index is 13.2. The Bertz CT molecular complexity index is 711. The van der Waals surface area contributed by atoms with Crippen LogP contribution >= 0.6 is 22.7 Å². The van der Waals surface area contributed by atoms with Crippen molar-refractivity contribution in [1.29, 1.82) is 0 Å². The fourth-order valence-corrected chi connectivity index (χ4v) is 6.28. The first-order valence-corrected chi connectivity index (χ1v) is 10.5. The van der Waals surface area contributed by atoms with E-state index in [4.69, 9.17) is 4.74 Å². The molecule has 4 nitrogen and oxygen atoms in total. The van der Waals surface area contributed by atoms with Gasteiger partial charge >= 0.3 is 5.97 Å². The van der Waals surface area contributed by atoms with Gasteiger partial charge in [-0.15, -0.1) is 22.7 Å². The van der Waals surface area contributed by atoms with Gasteiger partial charge in [0.2, 0.25) is 5.60 Å². The van der Waals surface area contributed by atoms with E-state index in [2.05, 4.69) is 14.1 Å². The lowest BCUT2D eigenvalue weighted by atomic mass is 9.99. The molecule has 2 bridgehead atoms. The van der Waals surface area contributed by atoms with E-state index in [1.165, 1.54) is 35.5 Å². The Morgan fingerprint density at radius 1 is 1.19 bits per heavy atom. The van der Waals surface area contributed by atoms with Crippen LogP contribution < -0.4 is 17.0 Å². The lowest BCUT2D eigenvalue weighted by Gasteiger charge is -2.41. The van der Waals surface area contributed by atoms with E-state index in [0.717, 1.165) is 17.3 Å². The average molecular weight is 458 g/mol. The summed E-state index contributed by atoms with van der Waals surface area (Å²) >= 11 is 2.77. The highest BCUT2D eigenvalue weighted by molar-refractivity contribution is 7.12. The van der Waals surface area contributed by atoms with E-state index in [-0.39, 0.29) is 23.1 Å². The van der Waals surface area contributed by atoms with E-state index in [1.54, 1.807) is 12.1 Å². The number of thiophene rings is 2. The van der Waals surface area contributed by atoms with Crippen LogP contribution in [0.1, 0.15) is 35.4 Å². The average Bonchev–Trinajstić information content (AvgIpc) is 3.29.